The Morgan fingerprint density at radius 1 is 1.54 bits per heavy atom. The number of halogens is 3. The molecule has 3 nitrogen and oxygen atoms in total. The van der Waals surface area contributed by atoms with Crippen LogP contribution in [0.25, 0.3) is 0 Å². The fraction of sp³-hybridized carbons (Fsp3) is 0.857. The molecule has 13 heavy (non-hydrogen) atoms. The first-order valence-corrected chi connectivity index (χ1v) is 4.40. The van der Waals surface area contributed by atoms with Crippen molar-refractivity contribution in [2.75, 3.05) is 12.4 Å². The van der Waals surface area contributed by atoms with E-state index in [2.05, 4.69) is 5.32 Å². The van der Waals surface area contributed by atoms with Crippen molar-refractivity contribution in [3.8, 4) is 0 Å². The summed E-state index contributed by atoms with van der Waals surface area (Å²) in [6.07, 6.45) is -3.93. The van der Waals surface area contributed by atoms with Gasteiger partial charge in [0.25, 0.3) is 6.43 Å². The van der Waals surface area contributed by atoms with Crippen molar-refractivity contribution < 1.29 is 18.7 Å². The van der Waals surface area contributed by atoms with Gasteiger partial charge in [-0.15, -0.1) is 11.6 Å². The molecule has 0 aliphatic rings. The van der Waals surface area contributed by atoms with Crippen molar-refractivity contribution in [3.63, 3.8) is 0 Å². The third-order valence-electron chi connectivity index (χ3n) is 1.34. The quantitative estimate of drug-likeness (QED) is 0.643. The molecule has 0 saturated heterocycles. The fourth-order valence-corrected chi connectivity index (χ4v) is 0.757. The number of aliphatic hydroxyl groups excluding tert-OH is 1. The first-order chi connectivity index (χ1) is 6.07. The van der Waals surface area contributed by atoms with Gasteiger partial charge in [-0.1, -0.05) is 0 Å². The molecule has 78 valence electrons. The van der Waals surface area contributed by atoms with Gasteiger partial charge in [-0.2, -0.15) is 0 Å². The molecule has 0 heterocycles. The number of nitrogens with one attached hydrogen (secondary N) is 1. The zero-order valence-corrected chi connectivity index (χ0v) is 7.73. The molecule has 0 saturated carbocycles. The lowest BCUT2D eigenvalue weighted by atomic mass is 10.3. The molecule has 0 rings (SSSR count). The predicted octanol–water partition coefficient (Wildman–Crippen LogP) is 0.748. The third kappa shape index (κ3) is 6.72. The third-order valence-corrected chi connectivity index (χ3v) is 1.60. The van der Waals surface area contributed by atoms with Crippen LogP contribution in [0.2, 0.25) is 0 Å². The SMILES string of the molecule is O=C(CCCCl)NCC(O)C(F)F. The van der Waals surface area contributed by atoms with Gasteiger partial charge in [0.05, 0.1) is 0 Å². The molecule has 6 heteroatoms. The Kier molecular flexibility index (Phi) is 6.80. The Morgan fingerprint density at radius 3 is 2.62 bits per heavy atom. The van der Waals surface area contributed by atoms with Gasteiger partial charge >= 0.3 is 0 Å². The minimum Gasteiger partial charge on any atom is -0.385 e. The number of hydrogen-bond acceptors (Lipinski definition) is 2. The van der Waals surface area contributed by atoms with Crippen LogP contribution in [-0.2, 0) is 4.79 Å². The summed E-state index contributed by atoms with van der Waals surface area (Å²) in [4.78, 5) is 10.8. The number of hydrogen-bond donors (Lipinski definition) is 2. The summed E-state index contributed by atoms with van der Waals surface area (Å²) in [5.41, 5.74) is 0. The molecule has 0 radical (unpaired) electrons. The van der Waals surface area contributed by atoms with Gasteiger partial charge < -0.3 is 10.4 Å². The molecule has 1 atom stereocenters. The average molecular weight is 216 g/mol. The Labute approximate surface area is 80.1 Å². The standard InChI is InChI=1S/C7H12ClF2NO2/c8-3-1-2-6(13)11-4-5(12)7(9)10/h5,7,12H,1-4H2,(H,11,13). The predicted molar refractivity (Wildman–Crippen MR) is 45.0 cm³/mol. The normalized spacial score (nSPS) is 13.0. The van der Waals surface area contributed by atoms with Crippen LogP contribution in [0.15, 0.2) is 0 Å². The molecule has 0 aliphatic carbocycles. The van der Waals surface area contributed by atoms with E-state index >= 15 is 0 Å². The highest BCUT2D eigenvalue weighted by atomic mass is 35.5. The number of amides is 1. The molecule has 2 N–H and O–H groups in total. The van der Waals surface area contributed by atoms with Crippen LogP contribution in [-0.4, -0.2) is 36.0 Å². The lowest BCUT2D eigenvalue weighted by Gasteiger charge is -2.09. The molecule has 0 aromatic carbocycles. The van der Waals surface area contributed by atoms with Gasteiger partial charge in [0.15, 0.2) is 0 Å². The minimum absolute atomic E-state index is 0.194. The number of rotatable bonds is 6. The maximum Gasteiger partial charge on any atom is 0.265 e. The van der Waals surface area contributed by atoms with Gasteiger partial charge in [-0.25, -0.2) is 8.78 Å². The van der Waals surface area contributed by atoms with Gasteiger partial charge in [-0.3, -0.25) is 4.79 Å². The van der Waals surface area contributed by atoms with E-state index in [1.807, 2.05) is 0 Å². The zero-order valence-electron chi connectivity index (χ0n) is 6.97. The maximum absolute atomic E-state index is 11.7. The Hall–Kier alpha value is -0.420. The molecule has 0 bridgehead atoms. The van der Waals surface area contributed by atoms with Crippen molar-refractivity contribution >= 4 is 17.5 Å². The lowest BCUT2D eigenvalue weighted by Crippen LogP contribution is -2.35. The first-order valence-electron chi connectivity index (χ1n) is 3.86. The van der Waals surface area contributed by atoms with E-state index < -0.39 is 19.1 Å². The van der Waals surface area contributed by atoms with Crippen molar-refractivity contribution in [3.05, 3.63) is 0 Å². The number of carbonyl (C=O) groups excluding carboxylic acids is 1. The molecule has 1 unspecified atom stereocenters. The minimum atomic E-state index is -2.83. The summed E-state index contributed by atoms with van der Waals surface area (Å²) >= 11 is 5.31. The molecule has 0 fully saturated rings. The lowest BCUT2D eigenvalue weighted by molar-refractivity contribution is -0.122. The van der Waals surface area contributed by atoms with Crippen molar-refractivity contribution in [1.29, 1.82) is 0 Å². The Bertz CT molecular complexity index is 157. The molecule has 0 aliphatic heterocycles. The highest BCUT2D eigenvalue weighted by molar-refractivity contribution is 6.17. The zero-order chi connectivity index (χ0) is 10.3. The van der Waals surface area contributed by atoms with E-state index in [-0.39, 0.29) is 12.3 Å². The van der Waals surface area contributed by atoms with Crippen LogP contribution in [0.4, 0.5) is 8.78 Å². The van der Waals surface area contributed by atoms with E-state index in [0.29, 0.717) is 12.3 Å². The Balaban J connectivity index is 3.46. The van der Waals surface area contributed by atoms with E-state index in [9.17, 15) is 13.6 Å². The summed E-state index contributed by atoms with van der Waals surface area (Å²) in [5, 5.41) is 10.8. The molecule has 0 aromatic rings. The van der Waals surface area contributed by atoms with Gasteiger partial charge in [0, 0.05) is 18.8 Å². The van der Waals surface area contributed by atoms with Crippen molar-refractivity contribution in [2.45, 2.75) is 25.4 Å². The van der Waals surface area contributed by atoms with Crippen LogP contribution < -0.4 is 5.32 Å². The van der Waals surface area contributed by atoms with E-state index in [1.165, 1.54) is 0 Å². The second-order valence-corrected chi connectivity index (χ2v) is 2.88. The van der Waals surface area contributed by atoms with Crippen molar-refractivity contribution in [2.24, 2.45) is 0 Å². The molecule has 0 aromatic heterocycles. The topological polar surface area (TPSA) is 49.3 Å². The summed E-state index contributed by atoms with van der Waals surface area (Å²) in [6, 6.07) is 0. The summed E-state index contributed by atoms with van der Waals surface area (Å²) < 4.78 is 23.4. The molecular weight excluding hydrogens is 204 g/mol. The second-order valence-electron chi connectivity index (χ2n) is 2.50. The summed E-state index contributed by atoms with van der Waals surface area (Å²) in [5.74, 6) is -0.0227. The van der Waals surface area contributed by atoms with Gasteiger partial charge in [0.2, 0.25) is 5.91 Å². The number of alkyl halides is 3. The summed E-state index contributed by atoms with van der Waals surface area (Å²) in [7, 11) is 0. The Morgan fingerprint density at radius 2 is 2.15 bits per heavy atom. The van der Waals surface area contributed by atoms with Crippen LogP contribution in [0.5, 0.6) is 0 Å². The van der Waals surface area contributed by atoms with Gasteiger partial charge in [0.1, 0.15) is 6.10 Å². The van der Waals surface area contributed by atoms with Crippen LogP contribution in [0, 0.1) is 0 Å². The van der Waals surface area contributed by atoms with E-state index in [0.717, 1.165) is 0 Å². The highest BCUT2D eigenvalue weighted by Crippen LogP contribution is 1.99. The molecule has 0 spiro atoms. The largest absolute Gasteiger partial charge is 0.385 e. The smallest absolute Gasteiger partial charge is 0.265 e. The number of aliphatic hydroxyl groups is 1. The first kappa shape index (κ1) is 12.6. The fourth-order valence-electron chi connectivity index (χ4n) is 0.623. The van der Waals surface area contributed by atoms with Crippen LogP contribution in [0.1, 0.15) is 12.8 Å². The molecular formula is C7H12ClF2NO2. The molecule has 1 amide bonds. The average Bonchev–Trinajstić information content (AvgIpc) is 2.10. The second kappa shape index (κ2) is 7.03. The highest BCUT2D eigenvalue weighted by Gasteiger charge is 2.16. The van der Waals surface area contributed by atoms with Crippen LogP contribution in [0.3, 0.4) is 0 Å². The van der Waals surface area contributed by atoms with Crippen LogP contribution >= 0.6 is 11.6 Å². The number of carbonyl (C=O) groups is 1. The summed E-state index contributed by atoms with van der Waals surface area (Å²) in [6.45, 7) is -0.418. The van der Waals surface area contributed by atoms with E-state index in [4.69, 9.17) is 16.7 Å². The monoisotopic (exact) mass is 215 g/mol. The maximum atomic E-state index is 11.7. The van der Waals surface area contributed by atoms with Gasteiger partial charge in [-0.05, 0) is 6.42 Å². The van der Waals surface area contributed by atoms with E-state index in [1.54, 1.807) is 0 Å². The van der Waals surface area contributed by atoms with Crippen molar-refractivity contribution in [1.82, 2.24) is 5.32 Å².